The zero-order valence-corrected chi connectivity index (χ0v) is 30.5. The Labute approximate surface area is 289 Å². The number of rotatable bonds is 16. The van der Waals surface area contributed by atoms with Crippen LogP contribution in [0.25, 0.3) is 0 Å². The summed E-state index contributed by atoms with van der Waals surface area (Å²) in [6.45, 7) is 9.00. The van der Waals surface area contributed by atoms with Crippen molar-refractivity contribution in [2.75, 3.05) is 34.9 Å². The molecule has 3 amide bonds. The van der Waals surface area contributed by atoms with Crippen molar-refractivity contribution in [1.29, 1.82) is 0 Å². The molecule has 1 aromatic carbocycles. The van der Waals surface area contributed by atoms with Crippen LogP contribution in [-0.2, 0) is 30.3 Å². The van der Waals surface area contributed by atoms with E-state index in [0.29, 0.717) is 23.5 Å². The zero-order valence-electron chi connectivity index (χ0n) is 29.7. The normalized spacial score (nSPS) is 18.0. The molecule has 1 saturated heterocycles. The molecule has 2 aromatic rings. The van der Waals surface area contributed by atoms with Crippen molar-refractivity contribution in [3.8, 4) is 0 Å². The van der Waals surface area contributed by atoms with Crippen LogP contribution in [0.15, 0.2) is 47.5 Å². The third kappa shape index (κ3) is 10.7. The highest BCUT2D eigenvalue weighted by atomic mass is 32.1. The second-order valence-corrected chi connectivity index (χ2v) is 13.9. The van der Waals surface area contributed by atoms with E-state index in [-0.39, 0.29) is 41.4 Å². The predicted molar refractivity (Wildman–Crippen MR) is 187 cm³/mol. The molecule has 48 heavy (non-hydrogen) atoms. The van der Waals surface area contributed by atoms with Crippen LogP contribution in [0.4, 0.5) is 0 Å². The Morgan fingerprint density at radius 2 is 1.83 bits per heavy atom. The van der Waals surface area contributed by atoms with E-state index in [1.54, 1.807) is 24.4 Å². The van der Waals surface area contributed by atoms with E-state index in [0.717, 1.165) is 37.8 Å². The number of ether oxygens (including phenoxy) is 2. The monoisotopic (exact) mass is 683 g/mol. The molecule has 0 unspecified atom stereocenters. The third-order valence-corrected chi connectivity index (χ3v) is 10.2. The van der Waals surface area contributed by atoms with Gasteiger partial charge in [0.15, 0.2) is 0 Å². The molecular formula is C36H53N5O6S. The molecule has 0 saturated carbocycles. The molecule has 0 spiro atoms. The summed E-state index contributed by atoms with van der Waals surface area (Å²) in [5.41, 5.74) is 1.49. The molecule has 1 aromatic heterocycles. The average Bonchev–Trinajstić information content (AvgIpc) is 3.57. The molecule has 0 radical (unpaired) electrons. The highest BCUT2D eigenvalue weighted by Crippen LogP contribution is 2.30. The number of carbonyl (C=O) groups excluding carboxylic acids is 4. The fraction of sp³-hybridized carbons (Fsp3) is 0.583. The van der Waals surface area contributed by atoms with Gasteiger partial charge in [-0.2, -0.15) is 0 Å². The number of hydrogen-bond donors (Lipinski definition) is 2. The highest BCUT2D eigenvalue weighted by Gasteiger charge is 2.36. The minimum Gasteiger partial charge on any atom is -0.466 e. The van der Waals surface area contributed by atoms with Gasteiger partial charge < -0.3 is 25.0 Å². The highest BCUT2D eigenvalue weighted by molar-refractivity contribution is 7.09. The smallest absolute Gasteiger partial charge is 0.332 e. The van der Waals surface area contributed by atoms with Gasteiger partial charge in [0, 0.05) is 50.2 Å². The lowest BCUT2D eigenvalue weighted by Crippen LogP contribution is -2.58. The summed E-state index contributed by atoms with van der Waals surface area (Å²) in [4.78, 5) is 61.1. The van der Waals surface area contributed by atoms with Gasteiger partial charge in [0.1, 0.15) is 22.8 Å². The maximum Gasteiger partial charge on any atom is 0.332 e. The number of methoxy groups -OCH3 is 2. The summed E-state index contributed by atoms with van der Waals surface area (Å²) in [6.07, 6.45) is 5.14. The summed E-state index contributed by atoms with van der Waals surface area (Å²) < 4.78 is 10.7. The zero-order chi connectivity index (χ0) is 35.4. The van der Waals surface area contributed by atoms with Crippen LogP contribution in [0.5, 0.6) is 0 Å². The number of amides is 3. The van der Waals surface area contributed by atoms with Crippen molar-refractivity contribution in [3.05, 3.63) is 63.7 Å². The van der Waals surface area contributed by atoms with E-state index in [2.05, 4.69) is 34.4 Å². The molecule has 1 aliphatic rings. The van der Waals surface area contributed by atoms with Gasteiger partial charge in [0.05, 0.1) is 13.2 Å². The van der Waals surface area contributed by atoms with E-state index in [1.165, 1.54) is 24.5 Å². The molecule has 5 atom stereocenters. The van der Waals surface area contributed by atoms with Crippen LogP contribution in [0.1, 0.15) is 87.0 Å². The minimum atomic E-state index is -0.650. The summed E-state index contributed by atoms with van der Waals surface area (Å²) in [5.74, 6) is -1.24. The molecule has 12 heteroatoms. The molecule has 3 rings (SSSR count). The number of carbonyl (C=O) groups is 4. The summed E-state index contributed by atoms with van der Waals surface area (Å²) in [6, 6.07) is 8.36. The number of hydrogen-bond acceptors (Lipinski definition) is 9. The molecule has 2 heterocycles. The molecule has 0 aliphatic carbocycles. The Hall–Kier alpha value is -3.61. The van der Waals surface area contributed by atoms with E-state index >= 15 is 0 Å². The fourth-order valence-corrected chi connectivity index (χ4v) is 6.90. The van der Waals surface area contributed by atoms with Crippen LogP contribution >= 0.6 is 11.3 Å². The predicted octanol–water partition coefficient (Wildman–Crippen LogP) is 4.75. The lowest BCUT2D eigenvalue weighted by atomic mass is 9.92. The largest absolute Gasteiger partial charge is 0.466 e. The Morgan fingerprint density at radius 1 is 1.12 bits per heavy atom. The lowest BCUT2D eigenvalue weighted by molar-refractivity contribution is -0.141. The van der Waals surface area contributed by atoms with Crippen LogP contribution in [0.3, 0.4) is 0 Å². The number of benzene rings is 1. The number of esters is 1. The van der Waals surface area contributed by atoms with Crippen molar-refractivity contribution in [2.24, 2.45) is 11.8 Å². The quantitative estimate of drug-likeness (QED) is 0.192. The summed E-state index contributed by atoms with van der Waals surface area (Å²) in [7, 11) is 6.62. The topological polar surface area (TPSA) is 130 Å². The Bertz CT molecular complexity index is 1400. The first kappa shape index (κ1) is 38.8. The molecule has 264 valence electrons. The first-order chi connectivity index (χ1) is 22.9. The maximum absolute atomic E-state index is 14.1. The number of nitrogens with one attached hydrogen (secondary N) is 2. The lowest BCUT2D eigenvalue weighted by Gasteiger charge is -2.38. The van der Waals surface area contributed by atoms with Crippen molar-refractivity contribution in [3.63, 3.8) is 0 Å². The summed E-state index contributed by atoms with van der Waals surface area (Å²) >= 11 is 1.30. The number of piperidine rings is 1. The number of likely N-dealkylation sites (tertiary alicyclic amines) is 1. The van der Waals surface area contributed by atoms with Gasteiger partial charge in [-0.3, -0.25) is 19.3 Å². The fourth-order valence-electron chi connectivity index (χ4n) is 6.01. The molecule has 2 N–H and O–H groups in total. The number of thiazole rings is 1. The molecule has 0 bridgehead atoms. The Kier molecular flexibility index (Phi) is 15.2. The van der Waals surface area contributed by atoms with Crippen molar-refractivity contribution < 1.29 is 28.7 Å². The molecule has 1 fully saturated rings. The number of likely N-dealkylation sites (N-methyl/N-ethyl adjacent to an activating group) is 2. The first-order valence-electron chi connectivity index (χ1n) is 16.8. The Morgan fingerprint density at radius 3 is 2.44 bits per heavy atom. The van der Waals surface area contributed by atoms with Gasteiger partial charge in [-0.05, 0) is 43.8 Å². The third-order valence-electron chi connectivity index (χ3n) is 9.24. The van der Waals surface area contributed by atoms with Crippen LogP contribution in [-0.4, -0.2) is 91.5 Å². The molecule has 11 nitrogen and oxygen atoms in total. The maximum atomic E-state index is 14.1. The van der Waals surface area contributed by atoms with E-state index in [4.69, 9.17) is 9.47 Å². The summed E-state index contributed by atoms with van der Waals surface area (Å²) in [5, 5.41) is 8.18. The van der Waals surface area contributed by atoms with Crippen LogP contribution in [0, 0.1) is 11.8 Å². The van der Waals surface area contributed by atoms with Gasteiger partial charge >= 0.3 is 5.97 Å². The first-order valence-corrected chi connectivity index (χ1v) is 17.7. The van der Waals surface area contributed by atoms with E-state index in [1.807, 2.05) is 51.2 Å². The van der Waals surface area contributed by atoms with Gasteiger partial charge in [-0.25, -0.2) is 9.78 Å². The average molecular weight is 684 g/mol. The molecular weight excluding hydrogens is 630 g/mol. The molecule has 1 aliphatic heterocycles. The second kappa shape index (κ2) is 18.8. The second-order valence-electron chi connectivity index (χ2n) is 13.0. The van der Waals surface area contributed by atoms with Crippen molar-refractivity contribution >= 4 is 35.0 Å². The van der Waals surface area contributed by atoms with Crippen LogP contribution in [0.2, 0.25) is 0 Å². The minimum absolute atomic E-state index is 0.0520. The standard InChI is InChI=1S/C36H53N5O6S/c1-9-24(4)32(39-34(44)28-17-13-14-18-40(28)5)36(45)41(6)29(23(2)3)21-30(46-7)35-38-27(22-48-35)33(43)37-26(20-31(42)47-8)19-25-15-11-10-12-16-25/h10-12,15-16,20,22-24,28-30,32H,9,13-14,17-19,21H2,1-8H3,(H,37,43)(H,39,44)/b26-20-/t24-,28+,29+,30+,32-/m0/s1. The van der Waals surface area contributed by atoms with Gasteiger partial charge in [-0.15, -0.1) is 11.3 Å². The van der Waals surface area contributed by atoms with Gasteiger partial charge in [-0.1, -0.05) is 70.9 Å². The number of aromatic nitrogens is 1. The Balaban J connectivity index is 1.75. The van der Waals surface area contributed by atoms with E-state index in [9.17, 15) is 19.2 Å². The van der Waals surface area contributed by atoms with Gasteiger partial charge in [0.2, 0.25) is 11.8 Å². The van der Waals surface area contributed by atoms with E-state index < -0.39 is 24.0 Å². The van der Waals surface area contributed by atoms with Crippen LogP contribution < -0.4 is 10.6 Å². The van der Waals surface area contributed by atoms with Crippen molar-refractivity contribution in [1.82, 2.24) is 25.4 Å². The van der Waals surface area contributed by atoms with Gasteiger partial charge in [0.25, 0.3) is 5.91 Å². The SMILES string of the molecule is CC[C@H](C)[C@H](NC(=O)[C@H]1CCCCN1C)C(=O)N(C)[C@H](C[C@@H](OC)c1nc(C(=O)N/C(=C\C(=O)OC)Cc2ccccc2)cs1)C(C)C. The number of nitrogens with zero attached hydrogens (tertiary/aromatic N) is 3. The van der Waals surface area contributed by atoms with Crippen molar-refractivity contribution in [2.45, 2.75) is 90.4 Å². The number of allylic oxidation sites excluding steroid dienone is 1.